The number of nitrogens with two attached hydrogens (primary N) is 1. The Kier molecular flexibility index (Phi) is 4.07. The molecule has 2 aromatic heterocycles. The summed E-state index contributed by atoms with van der Waals surface area (Å²) in [6.07, 6.45) is 5.30. The van der Waals surface area contributed by atoms with Gasteiger partial charge in [0.2, 0.25) is 5.91 Å². The lowest BCUT2D eigenvalue weighted by Gasteiger charge is -2.07. The summed E-state index contributed by atoms with van der Waals surface area (Å²) < 4.78 is 0. The maximum absolute atomic E-state index is 11.8. The molecule has 2 heterocycles. The summed E-state index contributed by atoms with van der Waals surface area (Å²) in [6.45, 7) is 2.47. The standard InChI is InChI=1S/C14H16N4O/c1-10-4-5-16-7-11(10)8-18-14(19)6-13-3-2-12(15)9-17-13/h2-5,7,9H,6,8,15H2,1H3,(H,18,19). The first-order valence-electron chi connectivity index (χ1n) is 6.02. The highest BCUT2D eigenvalue weighted by Crippen LogP contribution is 2.05. The van der Waals surface area contributed by atoms with E-state index >= 15 is 0 Å². The fourth-order valence-corrected chi connectivity index (χ4v) is 1.64. The van der Waals surface area contributed by atoms with Crippen LogP contribution in [0.3, 0.4) is 0 Å². The van der Waals surface area contributed by atoms with Crippen molar-refractivity contribution in [3.63, 3.8) is 0 Å². The Morgan fingerprint density at radius 1 is 1.32 bits per heavy atom. The maximum Gasteiger partial charge on any atom is 0.226 e. The second-order valence-electron chi connectivity index (χ2n) is 4.34. The summed E-state index contributed by atoms with van der Waals surface area (Å²) in [5, 5.41) is 2.85. The van der Waals surface area contributed by atoms with Crippen LogP contribution in [0, 0.1) is 6.92 Å². The Bertz CT molecular complexity index is 566. The number of nitrogens with one attached hydrogen (secondary N) is 1. The van der Waals surface area contributed by atoms with Crippen molar-refractivity contribution in [2.24, 2.45) is 0 Å². The second kappa shape index (κ2) is 5.95. The summed E-state index contributed by atoms with van der Waals surface area (Å²) >= 11 is 0. The van der Waals surface area contributed by atoms with Crippen molar-refractivity contribution < 1.29 is 4.79 Å². The molecule has 3 N–H and O–H groups in total. The molecular weight excluding hydrogens is 240 g/mol. The number of hydrogen-bond donors (Lipinski definition) is 2. The molecule has 0 aliphatic rings. The van der Waals surface area contributed by atoms with Gasteiger partial charge in [-0.2, -0.15) is 0 Å². The minimum absolute atomic E-state index is 0.0690. The predicted octanol–water partition coefficient (Wildman–Crippen LogP) is 1.23. The van der Waals surface area contributed by atoms with E-state index < -0.39 is 0 Å². The van der Waals surface area contributed by atoms with Crippen molar-refractivity contribution in [1.29, 1.82) is 0 Å². The van der Waals surface area contributed by atoms with E-state index in [2.05, 4.69) is 15.3 Å². The van der Waals surface area contributed by atoms with Crippen LogP contribution in [0.1, 0.15) is 16.8 Å². The minimum atomic E-state index is -0.0690. The van der Waals surface area contributed by atoms with Crippen molar-refractivity contribution in [2.75, 3.05) is 5.73 Å². The lowest BCUT2D eigenvalue weighted by Crippen LogP contribution is -2.25. The summed E-state index contributed by atoms with van der Waals surface area (Å²) in [5.74, 6) is -0.0690. The summed E-state index contributed by atoms with van der Waals surface area (Å²) in [7, 11) is 0. The summed E-state index contributed by atoms with van der Waals surface area (Å²) in [4.78, 5) is 19.9. The number of nitrogen functional groups attached to an aromatic ring is 1. The van der Waals surface area contributed by atoms with Crippen molar-refractivity contribution in [3.8, 4) is 0 Å². The molecule has 0 bridgehead atoms. The van der Waals surface area contributed by atoms with Crippen LogP contribution in [-0.2, 0) is 17.8 Å². The molecule has 5 heteroatoms. The van der Waals surface area contributed by atoms with Crippen LogP contribution in [0.15, 0.2) is 36.8 Å². The lowest BCUT2D eigenvalue weighted by atomic mass is 10.1. The molecule has 0 aliphatic carbocycles. The van der Waals surface area contributed by atoms with Gasteiger partial charge in [0.25, 0.3) is 0 Å². The monoisotopic (exact) mass is 256 g/mol. The van der Waals surface area contributed by atoms with Gasteiger partial charge in [0.1, 0.15) is 0 Å². The fourth-order valence-electron chi connectivity index (χ4n) is 1.64. The van der Waals surface area contributed by atoms with Crippen LogP contribution >= 0.6 is 0 Å². The number of rotatable bonds is 4. The highest BCUT2D eigenvalue weighted by atomic mass is 16.1. The average molecular weight is 256 g/mol. The number of carbonyl (C=O) groups is 1. The normalized spacial score (nSPS) is 10.2. The molecule has 0 unspecified atom stereocenters. The Balaban J connectivity index is 1.88. The molecular formula is C14H16N4O. The number of aryl methyl sites for hydroxylation is 1. The molecule has 0 aliphatic heterocycles. The van der Waals surface area contributed by atoms with Gasteiger partial charge in [0.15, 0.2) is 0 Å². The fraction of sp³-hybridized carbons (Fsp3) is 0.214. The molecule has 1 amide bonds. The predicted molar refractivity (Wildman–Crippen MR) is 73.2 cm³/mol. The molecule has 0 radical (unpaired) electrons. The maximum atomic E-state index is 11.8. The number of hydrogen-bond acceptors (Lipinski definition) is 4. The average Bonchev–Trinajstić information content (AvgIpc) is 2.40. The molecule has 0 aromatic carbocycles. The Hall–Kier alpha value is -2.43. The third kappa shape index (κ3) is 3.77. The zero-order chi connectivity index (χ0) is 13.7. The Morgan fingerprint density at radius 3 is 2.84 bits per heavy atom. The molecule has 0 spiro atoms. The first-order valence-corrected chi connectivity index (χ1v) is 6.02. The van der Waals surface area contributed by atoms with E-state index in [1.54, 1.807) is 30.7 Å². The molecule has 0 atom stereocenters. The van der Waals surface area contributed by atoms with E-state index in [9.17, 15) is 4.79 Å². The van der Waals surface area contributed by atoms with Gasteiger partial charge in [-0.05, 0) is 36.2 Å². The third-order valence-electron chi connectivity index (χ3n) is 2.81. The van der Waals surface area contributed by atoms with Gasteiger partial charge < -0.3 is 11.1 Å². The van der Waals surface area contributed by atoms with Crippen LogP contribution in [0.5, 0.6) is 0 Å². The van der Waals surface area contributed by atoms with Gasteiger partial charge in [0, 0.05) is 24.6 Å². The van der Waals surface area contributed by atoms with Crippen molar-refractivity contribution in [2.45, 2.75) is 19.9 Å². The van der Waals surface area contributed by atoms with E-state index in [0.29, 0.717) is 17.9 Å². The molecule has 0 saturated carbocycles. The number of nitrogens with zero attached hydrogens (tertiary/aromatic N) is 2. The van der Waals surface area contributed by atoms with Gasteiger partial charge in [0.05, 0.1) is 18.3 Å². The smallest absolute Gasteiger partial charge is 0.226 e. The molecule has 2 rings (SSSR count). The van der Waals surface area contributed by atoms with Crippen molar-refractivity contribution >= 4 is 11.6 Å². The van der Waals surface area contributed by atoms with E-state index in [1.165, 1.54) is 0 Å². The zero-order valence-corrected chi connectivity index (χ0v) is 10.8. The lowest BCUT2D eigenvalue weighted by molar-refractivity contribution is -0.120. The molecule has 0 saturated heterocycles. The van der Waals surface area contributed by atoms with Crippen LogP contribution in [-0.4, -0.2) is 15.9 Å². The topological polar surface area (TPSA) is 80.9 Å². The molecule has 0 fully saturated rings. The Labute approximate surface area is 111 Å². The first kappa shape index (κ1) is 13.0. The van der Waals surface area contributed by atoms with Gasteiger partial charge in [-0.1, -0.05) is 0 Å². The number of amides is 1. The van der Waals surface area contributed by atoms with E-state index in [0.717, 1.165) is 11.1 Å². The summed E-state index contributed by atoms with van der Waals surface area (Å²) in [6, 6.07) is 5.41. The SMILES string of the molecule is Cc1ccncc1CNC(=O)Cc1ccc(N)cn1. The van der Waals surface area contributed by atoms with Crippen LogP contribution in [0.2, 0.25) is 0 Å². The van der Waals surface area contributed by atoms with Gasteiger partial charge in [-0.3, -0.25) is 14.8 Å². The number of pyridine rings is 2. The van der Waals surface area contributed by atoms with Gasteiger partial charge in [-0.15, -0.1) is 0 Å². The minimum Gasteiger partial charge on any atom is -0.397 e. The highest BCUT2D eigenvalue weighted by molar-refractivity contribution is 5.78. The van der Waals surface area contributed by atoms with Crippen LogP contribution < -0.4 is 11.1 Å². The number of carbonyl (C=O) groups excluding carboxylic acids is 1. The quantitative estimate of drug-likeness (QED) is 0.862. The number of anilines is 1. The molecule has 5 nitrogen and oxygen atoms in total. The van der Waals surface area contributed by atoms with Crippen molar-refractivity contribution in [3.05, 3.63) is 53.6 Å². The van der Waals surface area contributed by atoms with E-state index in [-0.39, 0.29) is 12.3 Å². The van der Waals surface area contributed by atoms with E-state index in [1.807, 2.05) is 13.0 Å². The molecule has 19 heavy (non-hydrogen) atoms. The zero-order valence-electron chi connectivity index (χ0n) is 10.8. The number of aromatic nitrogens is 2. The molecule has 2 aromatic rings. The largest absolute Gasteiger partial charge is 0.397 e. The van der Waals surface area contributed by atoms with Gasteiger partial charge in [-0.25, -0.2) is 0 Å². The summed E-state index contributed by atoms with van der Waals surface area (Å²) in [5.41, 5.74) is 8.96. The second-order valence-corrected chi connectivity index (χ2v) is 4.34. The van der Waals surface area contributed by atoms with Crippen LogP contribution in [0.25, 0.3) is 0 Å². The van der Waals surface area contributed by atoms with Crippen LogP contribution in [0.4, 0.5) is 5.69 Å². The van der Waals surface area contributed by atoms with Gasteiger partial charge >= 0.3 is 0 Å². The highest BCUT2D eigenvalue weighted by Gasteiger charge is 2.05. The first-order chi connectivity index (χ1) is 9.15. The Morgan fingerprint density at radius 2 is 2.16 bits per heavy atom. The third-order valence-corrected chi connectivity index (χ3v) is 2.81. The van der Waals surface area contributed by atoms with E-state index in [4.69, 9.17) is 5.73 Å². The van der Waals surface area contributed by atoms with Crippen molar-refractivity contribution in [1.82, 2.24) is 15.3 Å². The molecule has 98 valence electrons.